The van der Waals surface area contributed by atoms with Crippen LogP contribution in [0.15, 0.2) is 72.2 Å². The molecule has 1 amide bonds. The highest BCUT2D eigenvalue weighted by molar-refractivity contribution is 7.13. The minimum absolute atomic E-state index is 0.0835. The number of amides is 1. The van der Waals surface area contributed by atoms with Gasteiger partial charge in [0.05, 0.1) is 5.41 Å². The van der Waals surface area contributed by atoms with E-state index in [1.165, 1.54) is 11.3 Å². The molecule has 110 valence electrons. The van der Waals surface area contributed by atoms with Gasteiger partial charge >= 0.3 is 0 Å². The molecule has 4 heteroatoms. The first kappa shape index (κ1) is 14.5. The summed E-state index contributed by atoms with van der Waals surface area (Å²) in [6.45, 7) is 1.95. The molecule has 0 spiro atoms. The number of nitrogens with zero attached hydrogens (tertiary/aromatic N) is 1. The summed E-state index contributed by atoms with van der Waals surface area (Å²) in [5.74, 6) is -0.0835. The van der Waals surface area contributed by atoms with E-state index >= 15 is 0 Å². The molecule has 0 bridgehead atoms. The van der Waals surface area contributed by atoms with E-state index in [1.807, 2.05) is 73.0 Å². The molecule has 2 aromatic carbocycles. The average Bonchev–Trinajstić information content (AvgIpc) is 3.08. The molecule has 0 saturated heterocycles. The van der Waals surface area contributed by atoms with Gasteiger partial charge in [-0.1, -0.05) is 60.7 Å². The molecule has 1 aromatic heterocycles. The van der Waals surface area contributed by atoms with Gasteiger partial charge in [-0.25, -0.2) is 4.98 Å². The molecule has 0 unspecified atom stereocenters. The molecule has 1 N–H and O–H groups in total. The lowest BCUT2D eigenvalue weighted by Crippen LogP contribution is -2.38. The summed E-state index contributed by atoms with van der Waals surface area (Å²) in [5, 5.41) is 5.39. The summed E-state index contributed by atoms with van der Waals surface area (Å²) in [6, 6.07) is 19.6. The van der Waals surface area contributed by atoms with E-state index in [9.17, 15) is 4.79 Å². The van der Waals surface area contributed by atoms with Crippen molar-refractivity contribution >= 4 is 22.4 Å². The van der Waals surface area contributed by atoms with Crippen molar-refractivity contribution in [2.24, 2.45) is 0 Å². The predicted molar refractivity (Wildman–Crippen MR) is 90.1 cm³/mol. The van der Waals surface area contributed by atoms with Crippen LogP contribution >= 0.6 is 11.3 Å². The van der Waals surface area contributed by atoms with Gasteiger partial charge in [0.2, 0.25) is 5.91 Å². The third kappa shape index (κ3) is 2.65. The van der Waals surface area contributed by atoms with Crippen molar-refractivity contribution in [1.29, 1.82) is 0 Å². The Morgan fingerprint density at radius 2 is 1.55 bits per heavy atom. The number of carbonyl (C=O) groups is 1. The lowest BCUT2D eigenvalue weighted by molar-refractivity contribution is -0.119. The van der Waals surface area contributed by atoms with E-state index < -0.39 is 5.41 Å². The highest BCUT2D eigenvalue weighted by Gasteiger charge is 2.37. The Bertz CT molecular complexity index is 700. The highest BCUT2D eigenvalue weighted by atomic mass is 32.1. The molecule has 3 aromatic rings. The lowest BCUT2D eigenvalue weighted by atomic mass is 9.75. The van der Waals surface area contributed by atoms with Crippen LogP contribution in [0.4, 0.5) is 5.13 Å². The number of thiazole rings is 1. The highest BCUT2D eigenvalue weighted by Crippen LogP contribution is 2.33. The molecular formula is C18H16N2OS. The molecule has 0 aliphatic carbocycles. The van der Waals surface area contributed by atoms with Crippen LogP contribution in [0.2, 0.25) is 0 Å². The smallest absolute Gasteiger partial charge is 0.240 e. The molecule has 0 aliphatic rings. The van der Waals surface area contributed by atoms with E-state index in [-0.39, 0.29) is 5.91 Å². The Balaban J connectivity index is 2.05. The van der Waals surface area contributed by atoms with Gasteiger partial charge in [-0.05, 0) is 18.1 Å². The maximum absolute atomic E-state index is 13.0. The monoisotopic (exact) mass is 308 g/mol. The Labute approximate surface area is 133 Å². The van der Waals surface area contributed by atoms with Crippen LogP contribution in [0.25, 0.3) is 0 Å². The fourth-order valence-electron chi connectivity index (χ4n) is 2.48. The Kier molecular flexibility index (Phi) is 4.02. The topological polar surface area (TPSA) is 42.0 Å². The van der Waals surface area contributed by atoms with Gasteiger partial charge in [0.15, 0.2) is 5.13 Å². The van der Waals surface area contributed by atoms with Crippen LogP contribution in [0.1, 0.15) is 18.1 Å². The van der Waals surface area contributed by atoms with Crippen molar-refractivity contribution in [2.45, 2.75) is 12.3 Å². The number of rotatable bonds is 4. The summed E-state index contributed by atoms with van der Waals surface area (Å²) in [6.07, 6.45) is 1.68. The molecular weight excluding hydrogens is 292 g/mol. The number of hydrogen-bond acceptors (Lipinski definition) is 3. The van der Waals surface area contributed by atoms with Gasteiger partial charge in [-0.3, -0.25) is 4.79 Å². The standard InChI is InChI=1S/C18H16N2OS/c1-18(14-8-4-2-5-9-14,15-10-6-3-7-11-15)16(21)20-17-19-12-13-22-17/h2-13H,1H3,(H,19,20,21). The zero-order valence-electron chi connectivity index (χ0n) is 12.2. The van der Waals surface area contributed by atoms with E-state index in [4.69, 9.17) is 0 Å². The van der Waals surface area contributed by atoms with E-state index in [0.717, 1.165) is 11.1 Å². The molecule has 0 atom stereocenters. The van der Waals surface area contributed by atoms with E-state index in [1.54, 1.807) is 6.20 Å². The van der Waals surface area contributed by atoms with Crippen molar-refractivity contribution < 1.29 is 4.79 Å². The van der Waals surface area contributed by atoms with Gasteiger partial charge in [0.1, 0.15) is 0 Å². The van der Waals surface area contributed by atoms with Crippen molar-refractivity contribution in [1.82, 2.24) is 4.98 Å². The first-order chi connectivity index (χ1) is 10.7. The second-order valence-electron chi connectivity index (χ2n) is 5.15. The third-order valence-corrected chi connectivity index (χ3v) is 4.50. The van der Waals surface area contributed by atoms with Crippen LogP contribution in [0.5, 0.6) is 0 Å². The van der Waals surface area contributed by atoms with Crippen molar-refractivity contribution in [3.63, 3.8) is 0 Å². The maximum atomic E-state index is 13.0. The summed E-state index contributed by atoms with van der Waals surface area (Å²) in [4.78, 5) is 17.1. The summed E-state index contributed by atoms with van der Waals surface area (Å²) in [5.41, 5.74) is 1.14. The molecule has 3 nitrogen and oxygen atoms in total. The number of aromatic nitrogens is 1. The van der Waals surface area contributed by atoms with Crippen molar-refractivity contribution in [2.75, 3.05) is 5.32 Å². The number of benzene rings is 2. The zero-order chi connectivity index (χ0) is 15.4. The van der Waals surface area contributed by atoms with Crippen molar-refractivity contribution in [3.8, 4) is 0 Å². The molecule has 0 aliphatic heterocycles. The quantitative estimate of drug-likeness (QED) is 0.789. The number of hydrogen-bond donors (Lipinski definition) is 1. The Morgan fingerprint density at radius 1 is 1.00 bits per heavy atom. The summed E-state index contributed by atoms with van der Waals surface area (Å²) >= 11 is 1.41. The fourth-order valence-corrected chi connectivity index (χ4v) is 3.00. The summed E-state index contributed by atoms with van der Waals surface area (Å²) < 4.78 is 0. The van der Waals surface area contributed by atoms with Gasteiger partial charge in [0, 0.05) is 11.6 Å². The lowest BCUT2D eigenvalue weighted by Gasteiger charge is -2.29. The van der Waals surface area contributed by atoms with Crippen LogP contribution in [-0.2, 0) is 10.2 Å². The first-order valence-corrected chi connectivity index (χ1v) is 7.91. The van der Waals surface area contributed by atoms with Crippen molar-refractivity contribution in [3.05, 3.63) is 83.4 Å². The van der Waals surface area contributed by atoms with E-state index in [0.29, 0.717) is 5.13 Å². The fraction of sp³-hybridized carbons (Fsp3) is 0.111. The van der Waals surface area contributed by atoms with Gasteiger partial charge < -0.3 is 5.32 Å². The minimum atomic E-state index is -0.770. The summed E-state index contributed by atoms with van der Waals surface area (Å²) in [7, 11) is 0. The van der Waals surface area contributed by atoms with Crippen LogP contribution in [-0.4, -0.2) is 10.9 Å². The minimum Gasteiger partial charge on any atom is -0.301 e. The predicted octanol–water partition coefficient (Wildman–Crippen LogP) is 4.09. The molecule has 0 saturated carbocycles. The third-order valence-electron chi connectivity index (χ3n) is 3.81. The number of anilines is 1. The van der Waals surface area contributed by atoms with E-state index in [2.05, 4.69) is 10.3 Å². The Morgan fingerprint density at radius 3 is 2.00 bits per heavy atom. The molecule has 0 radical (unpaired) electrons. The molecule has 3 rings (SSSR count). The van der Waals surface area contributed by atoms with Crippen LogP contribution < -0.4 is 5.32 Å². The van der Waals surface area contributed by atoms with Gasteiger partial charge in [-0.2, -0.15) is 0 Å². The molecule has 1 heterocycles. The second kappa shape index (κ2) is 6.12. The number of carbonyl (C=O) groups excluding carboxylic acids is 1. The number of nitrogens with one attached hydrogen (secondary N) is 1. The Hall–Kier alpha value is -2.46. The SMILES string of the molecule is CC(C(=O)Nc1nccs1)(c1ccccc1)c1ccccc1. The first-order valence-electron chi connectivity index (χ1n) is 7.03. The second-order valence-corrected chi connectivity index (χ2v) is 6.04. The van der Waals surface area contributed by atoms with Gasteiger partial charge in [0.25, 0.3) is 0 Å². The zero-order valence-corrected chi connectivity index (χ0v) is 13.0. The van der Waals surface area contributed by atoms with Gasteiger partial charge in [-0.15, -0.1) is 11.3 Å². The normalized spacial score (nSPS) is 11.1. The maximum Gasteiger partial charge on any atom is 0.240 e. The largest absolute Gasteiger partial charge is 0.301 e. The van der Waals surface area contributed by atoms with Crippen LogP contribution in [0.3, 0.4) is 0 Å². The molecule has 0 fully saturated rings. The van der Waals surface area contributed by atoms with Crippen LogP contribution in [0, 0.1) is 0 Å². The molecule has 22 heavy (non-hydrogen) atoms. The average molecular weight is 308 g/mol.